The van der Waals surface area contributed by atoms with Crippen LogP contribution in [-0.2, 0) is 3.08 Å². The average Bonchev–Trinajstić information content (AvgIpc) is 2.27. The van der Waals surface area contributed by atoms with Crippen molar-refractivity contribution >= 4 is 19.7 Å². The molecule has 0 atom stereocenters. The number of hydrogen-bond acceptors (Lipinski definition) is 1. The minimum absolute atomic E-state index is 0.706. The van der Waals surface area contributed by atoms with Gasteiger partial charge in [-0.25, -0.2) is 0 Å². The third kappa shape index (κ3) is 4.94. The summed E-state index contributed by atoms with van der Waals surface area (Å²) in [5.41, 5.74) is 0. The average molecular weight is 357 g/mol. The van der Waals surface area contributed by atoms with Gasteiger partial charge in [0.1, 0.15) is 0 Å². The molecule has 0 saturated heterocycles. The maximum atomic E-state index is 13.0. The Hall–Kier alpha value is 0.599. The molecule has 2 aliphatic carbocycles. The zero-order valence-corrected chi connectivity index (χ0v) is 14.8. The van der Waals surface area contributed by atoms with Crippen LogP contribution in [0.25, 0.3) is 0 Å². The van der Waals surface area contributed by atoms with Crippen LogP contribution in [0.5, 0.6) is 0 Å². The molecule has 0 bridgehead atoms. The van der Waals surface area contributed by atoms with Crippen molar-refractivity contribution in [2.24, 2.45) is 0 Å². The summed E-state index contributed by atoms with van der Waals surface area (Å²) in [4.78, 5) is 0. The fourth-order valence-electron chi connectivity index (χ4n) is 3.81. The summed E-state index contributed by atoms with van der Waals surface area (Å²) in [6.45, 7) is 0. The van der Waals surface area contributed by atoms with Gasteiger partial charge >= 0.3 is 121 Å². The number of rotatable bonds is 2. The van der Waals surface area contributed by atoms with E-state index in [-0.39, 0.29) is 0 Å². The molecule has 0 aromatic heterocycles. The second kappa shape index (κ2) is 8.71. The van der Waals surface area contributed by atoms with Gasteiger partial charge in [-0.2, -0.15) is 0 Å². The van der Waals surface area contributed by atoms with Crippen molar-refractivity contribution in [3.05, 3.63) is 0 Å². The predicted octanol–water partition coefficient (Wildman–Crippen LogP) is 5.64. The van der Waals surface area contributed by atoms with Gasteiger partial charge in [0, 0.05) is 0 Å². The van der Waals surface area contributed by atoms with Gasteiger partial charge in [0.05, 0.1) is 0 Å². The fraction of sp³-hybridized carbons (Fsp3) is 1.00. The summed E-state index contributed by atoms with van der Waals surface area (Å²) in [7, 11) is 0. The summed E-state index contributed by atoms with van der Waals surface area (Å²) in [6.07, 6.45) is 19.2. The summed E-state index contributed by atoms with van der Waals surface area (Å²) in [5, 5.41) is 0. The van der Waals surface area contributed by atoms with E-state index >= 15 is 0 Å². The summed E-state index contributed by atoms with van der Waals surface area (Å²) < 4.78 is 14.4. The molecule has 0 aromatic carbocycles. The van der Waals surface area contributed by atoms with Gasteiger partial charge in [0.25, 0.3) is 0 Å². The van der Waals surface area contributed by atoms with E-state index in [0.717, 1.165) is 0 Å². The van der Waals surface area contributed by atoms with E-state index in [9.17, 15) is 3.08 Å². The van der Waals surface area contributed by atoms with E-state index < -0.39 is 19.7 Å². The minimum atomic E-state index is -2.33. The molecule has 0 spiro atoms. The van der Waals surface area contributed by atoms with Crippen LogP contribution >= 0.6 is 0 Å². The van der Waals surface area contributed by atoms with Crippen LogP contribution in [0.2, 0.25) is 7.87 Å². The standard InChI is InChI=1S/2C8H15.O.Sn/c2*1-2-4-6-8-7-5-3-1;;/h2*1H,2-8H2;;. The quantitative estimate of drug-likeness (QED) is 0.585. The van der Waals surface area contributed by atoms with Gasteiger partial charge in [-0.1, -0.05) is 0 Å². The van der Waals surface area contributed by atoms with Crippen molar-refractivity contribution in [2.75, 3.05) is 0 Å². The summed E-state index contributed by atoms with van der Waals surface area (Å²) in [6, 6.07) is 0. The Morgan fingerprint density at radius 3 is 1.11 bits per heavy atom. The van der Waals surface area contributed by atoms with Crippen LogP contribution in [0.15, 0.2) is 0 Å². The van der Waals surface area contributed by atoms with Crippen molar-refractivity contribution in [2.45, 2.75) is 97.8 Å². The molecule has 2 heteroatoms. The van der Waals surface area contributed by atoms with Crippen molar-refractivity contribution in [3.8, 4) is 0 Å². The maximum absolute atomic E-state index is 13.0. The summed E-state index contributed by atoms with van der Waals surface area (Å²) >= 11 is -2.33. The molecular weight excluding hydrogens is 327 g/mol. The topological polar surface area (TPSA) is 17.1 Å². The second-order valence-corrected chi connectivity index (χ2v) is 13.4. The predicted molar refractivity (Wildman–Crippen MR) is 78.6 cm³/mol. The van der Waals surface area contributed by atoms with Gasteiger partial charge in [-0.15, -0.1) is 0 Å². The fourth-order valence-corrected chi connectivity index (χ4v) is 11.3. The first-order valence-electron chi connectivity index (χ1n) is 8.41. The Labute approximate surface area is 120 Å². The van der Waals surface area contributed by atoms with Crippen LogP contribution in [0.4, 0.5) is 0 Å². The Morgan fingerprint density at radius 2 is 0.778 bits per heavy atom. The van der Waals surface area contributed by atoms with Crippen LogP contribution in [0.3, 0.4) is 0 Å². The van der Waals surface area contributed by atoms with E-state index in [1.165, 1.54) is 89.9 Å². The molecule has 0 radical (unpaired) electrons. The van der Waals surface area contributed by atoms with Crippen molar-refractivity contribution in [3.63, 3.8) is 0 Å². The molecule has 2 fully saturated rings. The van der Waals surface area contributed by atoms with Gasteiger partial charge in [0.15, 0.2) is 0 Å². The SMILES string of the molecule is [O]=[Sn]([CH]1CCCCCCC1)[CH]1CCCCCCC1. The van der Waals surface area contributed by atoms with Gasteiger partial charge < -0.3 is 0 Å². The molecule has 1 nitrogen and oxygen atoms in total. The molecule has 0 aliphatic heterocycles. The molecule has 0 aromatic rings. The Morgan fingerprint density at radius 1 is 0.500 bits per heavy atom. The third-order valence-electron chi connectivity index (χ3n) is 5.02. The number of hydrogen-bond donors (Lipinski definition) is 0. The molecule has 2 rings (SSSR count). The van der Waals surface area contributed by atoms with Crippen LogP contribution in [-0.4, -0.2) is 19.7 Å². The third-order valence-corrected chi connectivity index (χ3v) is 12.9. The molecular formula is C16H30OSn. The zero-order chi connectivity index (χ0) is 12.6. The van der Waals surface area contributed by atoms with E-state index in [0.29, 0.717) is 7.87 Å². The monoisotopic (exact) mass is 358 g/mol. The first-order chi connectivity index (χ1) is 8.88. The molecule has 0 unspecified atom stereocenters. The van der Waals surface area contributed by atoms with Crippen LogP contribution in [0, 0.1) is 0 Å². The van der Waals surface area contributed by atoms with Crippen LogP contribution < -0.4 is 0 Å². The van der Waals surface area contributed by atoms with E-state index in [2.05, 4.69) is 0 Å². The molecule has 0 amide bonds. The first kappa shape index (κ1) is 15.0. The Balaban J connectivity index is 1.86. The van der Waals surface area contributed by atoms with E-state index in [4.69, 9.17) is 0 Å². The zero-order valence-electron chi connectivity index (χ0n) is 12.0. The van der Waals surface area contributed by atoms with Gasteiger partial charge in [-0.3, -0.25) is 0 Å². The van der Waals surface area contributed by atoms with E-state index in [1.54, 1.807) is 0 Å². The molecule has 0 N–H and O–H groups in total. The normalized spacial score (nSPS) is 25.8. The second-order valence-electron chi connectivity index (χ2n) is 6.49. The van der Waals surface area contributed by atoms with Crippen LogP contribution in [0.1, 0.15) is 89.9 Å². The summed E-state index contributed by atoms with van der Waals surface area (Å²) in [5.74, 6) is 0. The first-order valence-corrected chi connectivity index (χ1v) is 12.9. The van der Waals surface area contributed by atoms with E-state index in [1.807, 2.05) is 0 Å². The molecule has 2 saturated carbocycles. The van der Waals surface area contributed by atoms with Crippen molar-refractivity contribution < 1.29 is 3.08 Å². The molecule has 104 valence electrons. The van der Waals surface area contributed by atoms with Gasteiger partial charge in [-0.05, 0) is 0 Å². The van der Waals surface area contributed by atoms with Crippen molar-refractivity contribution in [1.82, 2.24) is 0 Å². The van der Waals surface area contributed by atoms with Gasteiger partial charge in [0.2, 0.25) is 0 Å². The molecule has 18 heavy (non-hydrogen) atoms. The molecule has 0 heterocycles. The Kier molecular flexibility index (Phi) is 7.25. The van der Waals surface area contributed by atoms with Crippen molar-refractivity contribution in [1.29, 1.82) is 0 Å². The Bertz CT molecular complexity index is 211. The molecule has 2 aliphatic rings.